The summed E-state index contributed by atoms with van der Waals surface area (Å²) in [6.45, 7) is 4.44. The summed E-state index contributed by atoms with van der Waals surface area (Å²) in [6, 6.07) is 4.24. The van der Waals surface area contributed by atoms with E-state index in [1.54, 1.807) is 0 Å². The maximum absolute atomic E-state index is 12.1. The molecule has 0 unspecified atom stereocenters. The Kier molecular flexibility index (Phi) is 8.58. The van der Waals surface area contributed by atoms with Crippen LogP contribution in [0, 0.1) is 5.92 Å². The monoisotopic (exact) mass is 419 g/mol. The lowest BCUT2D eigenvalue weighted by molar-refractivity contribution is -0.125. The number of carbonyl (C=O) groups excluding carboxylic acids is 2. The Morgan fingerprint density at radius 3 is 2.52 bits per heavy atom. The molecule has 0 aromatic carbocycles. The number of piperidine rings is 1. The Morgan fingerprint density at radius 1 is 1.10 bits per heavy atom. The highest BCUT2D eigenvalue weighted by Gasteiger charge is 2.25. The smallest absolute Gasteiger partial charge is 0.230 e. The normalized spacial score (nSPS) is 18.4. The molecule has 1 saturated carbocycles. The summed E-state index contributed by atoms with van der Waals surface area (Å²) in [6.07, 6.45) is 8.56. The molecule has 29 heavy (non-hydrogen) atoms. The number of thioether (sulfide) groups is 1. The Bertz CT molecular complexity index is 656. The highest BCUT2D eigenvalue weighted by molar-refractivity contribution is 7.99. The first-order valence-electron chi connectivity index (χ1n) is 10.9. The summed E-state index contributed by atoms with van der Waals surface area (Å²) in [4.78, 5) is 26.4. The van der Waals surface area contributed by atoms with E-state index in [2.05, 4.69) is 32.7 Å². The van der Waals surface area contributed by atoms with E-state index in [0.29, 0.717) is 11.8 Å². The van der Waals surface area contributed by atoms with Gasteiger partial charge in [-0.05, 0) is 44.2 Å². The van der Waals surface area contributed by atoms with Crippen LogP contribution in [0.15, 0.2) is 17.2 Å². The van der Waals surface area contributed by atoms with Gasteiger partial charge in [0.25, 0.3) is 0 Å². The SMILES string of the molecule is CCCNC(=O)C1CCN(c2ccc(SCC(=O)NC3CCCCC3)nn2)CC1. The number of hydrogen-bond acceptors (Lipinski definition) is 6. The molecular weight excluding hydrogens is 386 g/mol. The summed E-state index contributed by atoms with van der Waals surface area (Å²) in [5.74, 6) is 1.58. The van der Waals surface area contributed by atoms with Crippen molar-refractivity contribution in [3.05, 3.63) is 12.1 Å². The molecule has 2 heterocycles. The van der Waals surface area contributed by atoms with E-state index in [1.807, 2.05) is 12.1 Å². The number of nitrogens with zero attached hydrogens (tertiary/aromatic N) is 3. The lowest BCUT2D eigenvalue weighted by Crippen LogP contribution is -2.41. The second kappa shape index (κ2) is 11.4. The van der Waals surface area contributed by atoms with Crippen LogP contribution < -0.4 is 15.5 Å². The van der Waals surface area contributed by atoms with Crippen LogP contribution in [0.1, 0.15) is 58.3 Å². The molecule has 3 rings (SSSR count). The maximum Gasteiger partial charge on any atom is 0.230 e. The van der Waals surface area contributed by atoms with Crippen LogP contribution in [0.25, 0.3) is 0 Å². The van der Waals surface area contributed by atoms with Crippen LogP contribution >= 0.6 is 11.8 Å². The van der Waals surface area contributed by atoms with E-state index in [-0.39, 0.29) is 17.7 Å². The van der Waals surface area contributed by atoms with Gasteiger partial charge in [0.2, 0.25) is 11.8 Å². The highest BCUT2D eigenvalue weighted by Crippen LogP contribution is 2.23. The molecule has 7 nitrogen and oxygen atoms in total. The molecule has 8 heteroatoms. The van der Waals surface area contributed by atoms with Crippen LogP contribution in [0.2, 0.25) is 0 Å². The van der Waals surface area contributed by atoms with Gasteiger partial charge >= 0.3 is 0 Å². The van der Waals surface area contributed by atoms with Crippen molar-refractivity contribution in [3.63, 3.8) is 0 Å². The number of carbonyl (C=O) groups is 2. The van der Waals surface area contributed by atoms with Crippen molar-refractivity contribution < 1.29 is 9.59 Å². The van der Waals surface area contributed by atoms with E-state index >= 15 is 0 Å². The molecule has 1 aromatic rings. The van der Waals surface area contributed by atoms with Gasteiger partial charge < -0.3 is 15.5 Å². The second-order valence-corrected chi connectivity index (χ2v) is 8.97. The average Bonchev–Trinajstić information content (AvgIpc) is 2.77. The third-order valence-corrected chi connectivity index (χ3v) is 6.61. The van der Waals surface area contributed by atoms with Crippen molar-refractivity contribution in [2.75, 3.05) is 30.3 Å². The van der Waals surface area contributed by atoms with E-state index in [1.165, 1.54) is 31.0 Å². The summed E-state index contributed by atoms with van der Waals surface area (Å²) >= 11 is 1.43. The zero-order valence-electron chi connectivity index (χ0n) is 17.4. The van der Waals surface area contributed by atoms with Gasteiger partial charge in [-0.1, -0.05) is 37.9 Å². The van der Waals surface area contributed by atoms with Crippen molar-refractivity contribution in [2.24, 2.45) is 5.92 Å². The molecule has 0 radical (unpaired) electrons. The van der Waals surface area contributed by atoms with Crippen LogP contribution in [0.3, 0.4) is 0 Å². The summed E-state index contributed by atoms with van der Waals surface area (Å²) in [5, 5.41) is 15.5. The van der Waals surface area contributed by atoms with Gasteiger partial charge in [-0.15, -0.1) is 10.2 Å². The van der Waals surface area contributed by atoms with Gasteiger partial charge in [-0.3, -0.25) is 9.59 Å². The third-order valence-electron chi connectivity index (χ3n) is 5.69. The minimum Gasteiger partial charge on any atom is -0.356 e. The molecule has 0 spiro atoms. The summed E-state index contributed by atoms with van der Waals surface area (Å²) in [5.41, 5.74) is 0. The fourth-order valence-corrected chi connectivity index (χ4v) is 4.60. The van der Waals surface area contributed by atoms with Gasteiger partial charge in [0.1, 0.15) is 5.03 Å². The molecule has 0 atom stereocenters. The fourth-order valence-electron chi connectivity index (χ4n) is 3.98. The molecule has 160 valence electrons. The van der Waals surface area contributed by atoms with Crippen LogP contribution in [-0.2, 0) is 9.59 Å². The van der Waals surface area contributed by atoms with Crippen LogP contribution in [0.4, 0.5) is 5.82 Å². The number of anilines is 1. The standard InChI is InChI=1S/C21H33N5O2S/c1-2-12-22-21(28)16-10-13-26(14-11-16)18-8-9-20(25-24-18)29-15-19(27)23-17-6-4-3-5-7-17/h8-9,16-17H,2-7,10-15H2,1H3,(H,22,28)(H,23,27). The van der Waals surface area contributed by atoms with E-state index in [9.17, 15) is 9.59 Å². The van der Waals surface area contributed by atoms with Crippen molar-refractivity contribution in [1.82, 2.24) is 20.8 Å². The lowest BCUT2D eigenvalue weighted by Gasteiger charge is -2.31. The Balaban J connectivity index is 1.40. The molecule has 1 aliphatic heterocycles. The Labute approximate surface area is 177 Å². The first-order valence-corrected chi connectivity index (χ1v) is 11.9. The number of nitrogens with one attached hydrogen (secondary N) is 2. The topological polar surface area (TPSA) is 87.2 Å². The Morgan fingerprint density at radius 2 is 1.86 bits per heavy atom. The van der Waals surface area contributed by atoms with E-state index in [4.69, 9.17) is 0 Å². The van der Waals surface area contributed by atoms with Gasteiger partial charge in [0, 0.05) is 31.6 Å². The number of hydrogen-bond donors (Lipinski definition) is 2. The van der Waals surface area contributed by atoms with Crippen molar-refractivity contribution in [1.29, 1.82) is 0 Å². The zero-order valence-corrected chi connectivity index (χ0v) is 18.2. The quantitative estimate of drug-likeness (QED) is 0.630. The number of aromatic nitrogens is 2. The highest BCUT2D eigenvalue weighted by atomic mass is 32.2. The zero-order chi connectivity index (χ0) is 20.5. The minimum atomic E-state index is 0.0798. The minimum absolute atomic E-state index is 0.0798. The van der Waals surface area contributed by atoms with E-state index in [0.717, 1.165) is 62.6 Å². The van der Waals surface area contributed by atoms with Gasteiger partial charge in [-0.2, -0.15) is 0 Å². The summed E-state index contributed by atoms with van der Waals surface area (Å²) in [7, 11) is 0. The maximum atomic E-state index is 12.1. The molecule has 0 bridgehead atoms. The second-order valence-electron chi connectivity index (χ2n) is 7.97. The molecule has 2 fully saturated rings. The fraction of sp³-hybridized carbons (Fsp3) is 0.714. The average molecular weight is 420 g/mol. The Hall–Kier alpha value is -1.83. The first-order chi connectivity index (χ1) is 14.2. The van der Waals surface area contributed by atoms with Crippen molar-refractivity contribution >= 4 is 29.4 Å². The number of amides is 2. The summed E-state index contributed by atoms with van der Waals surface area (Å²) < 4.78 is 0. The van der Waals surface area contributed by atoms with Crippen LogP contribution in [0.5, 0.6) is 0 Å². The number of rotatable bonds is 8. The van der Waals surface area contributed by atoms with Gasteiger partial charge in [0.05, 0.1) is 5.75 Å². The van der Waals surface area contributed by atoms with Crippen LogP contribution in [-0.4, -0.2) is 53.4 Å². The largest absolute Gasteiger partial charge is 0.356 e. The molecule has 1 aliphatic carbocycles. The molecule has 2 N–H and O–H groups in total. The van der Waals surface area contributed by atoms with Crippen molar-refractivity contribution in [2.45, 2.75) is 69.4 Å². The van der Waals surface area contributed by atoms with Crippen molar-refractivity contribution in [3.8, 4) is 0 Å². The first kappa shape index (κ1) is 21.9. The predicted molar refractivity (Wildman–Crippen MR) is 116 cm³/mol. The molecule has 1 aromatic heterocycles. The molecule has 1 saturated heterocycles. The third kappa shape index (κ3) is 6.87. The van der Waals surface area contributed by atoms with Gasteiger partial charge in [-0.25, -0.2) is 0 Å². The molecule has 2 amide bonds. The van der Waals surface area contributed by atoms with Gasteiger partial charge in [0.15, 0.2) is 5.82 Å². The molecular formula is C21H33N5O2S. The van der Waals surface area contributed by atoms with E-state index < -0.39 is 0 Å². The predicted octanol–water partition coefficient (Wildman–Crippen LogP) is 2.76. The molecule has 2 aliphatic rings. The lowest BCUT2D eigenvalue weighted by atomic mass is 9.95.